The zero-order valence-corrected chi connectivity index (χ0v) is 17.1. The molecule has 2 rings (SSSR count). The van der Waals surface area contributed by atoms with Gasteiger partial charge in [0.15, 0.2) is 6.04 Å². The number of ether oxygens (including phenoxy) is 2. The number of amides is 2. The van der Waals surface area contributed by atoms with Gasteiger partial charge in [-0.25, -0.2) is 14.4 Å². The topological polar surface area (TPSA) is 114 Å². The molecule has 2 amide bonds. The Bertz CT molecular complexity index is 849. The molecule has 3 N–H and O–H groups in total. The summed E-state index contributed by atoms with van der Waals surface area (Å²) >= 11 is 0. The lowest BCUT2D eigenvalue weighted by atomic mass is 9.99. The van der Waals surface area contributed by atoms with Crippen LogP contribution in [0.1, 0.15) is 37.9 Å². The largest absolute Gasteiger partial charge is 0.480 e. The fourth-order valence-corrected chi connectivity index (χ4v) is 2.63. The Kier molecular flexibility index (Phi) is 7.80. The van der Waals surface area contributed by atoms with Crippen LogP contribution in [0.25, 0.3) is 0 Å². The van der Waals surface area contributed by atoms with Crippen molar-refractivity contribution in [3.63, 3.8) is 0 Å². The molecule has 0 aliphatic rings. The summed E-state index contributed by atoms with van der Waals surface area (Å²) in [6.07, 6.45) is -1.72. The summed E-state index contributed by atoms with van der Waals surface area (Å²) in [7, 11) is 0. The van der Waals surface area contributed by atoms with Crippen LogP contribution in [0.5, 0.6) is 0 Å². The van der Waals surface area contributed by atoms with E-state index < -0.39 is 35.8 Å². The van der Waals surface area contributed by atoms with E-state index >= 15 is 0 Å². The number of hydrogen-bond acceptors (Lipinski definition) is 5. The molecule has 2 aromatic rings. The first-order valence-electron chi connectivity index (χ1n) is 9.40. The van der Waals surface area contributed by atoms with Crippen molar-refractivity contribution in [1.29, 1.82) is 0 Å². The Morgan fingerprint density at radius 1 is 0.900 bits per heavy atom. The molecule has 0 fully saturated rings. The number of hydrogen-bond donors (Lipinski definition) is 3. The fourth-order valence-electron chi connectivity index (χ4n) is 2.63. The van der Waals surface area contributed by atoms with E-state index in [2.05, 4.69) is 10.6 Å². The van der Waals surface area contributed by atoms with Crippen molar-refractivity contribution < 1.29 is 29.0 Å². The molecule has 0 saturated carbocycles. The van der Waals surface area contributed by atoms with Crippen LogP contribution in [0, 0.1) is 0 Å². The molecule has 0 bridgehead atoms. The van der Waals surface area contributed by atoms with Crippen LogP contribution in [0.15, 0.2) is 60.7 Å². The highest BCUT2D eigenvalue weighted by molar-refractivity contribution is 5.82. The minimum atomic E-state index is -1.48. The number of rotatable bonds is 7. The third kappa shape index (κ3) is 7.46. The highest BCUT2D eigenvalue weighted by Gasteiger charge is 2.34. The van der Waals surface area contributed by atoms with Gasteiger partial charge in [0.2, 0.25) is 0 Å². The average Bonchev–Trinajstić information content (AvgIpc) is 2.69. The maximum Gasteiger partial charge on any atom is 0.408 e. The number of carbonyl (C=O) groups is 3. The molecule has 0 aromatic heterocycles. The van der Waals surface area contributed by atoms with E-state index in [9.17, 15) is 19.5 Å². The first-order valence-corrected chi connectivity index (χ1v) is 9.40. The Balaban J connectivity index is 2.15. The monoisotopic (exact) mass is 414 g/mol. The van der Waals surface area contributed by atoms with E-state index in [0.717, 1.165) is 5.56 Å². The van der Waals surface area contributed by atoms with Crippen molar-refractivity contribution in [2.75, 3.05) is 0 Å². The van der Waals surface area contributed by atoms with Crippen molar-refractivity contribution in [3.8, 4) is 0 Å². The van der Waals surface area contributed by atoms with Crippen LogP contribution in [0.2, 0.25) is 0 Å². The molecule has 160 valence electrons. The molecule has 0 radical (unpaired) electrons. The van der Waals surface area contributed by atoms with E-state index in [1.807, 2.05) is 6.07 Å². The maximum absolute atomic E-state index is 12.3. The Labute approximate surface area is 175 Å². The molecular weight excluding hydrogens is 388 g/mol. The van der Waals surface area contributed by atoms with Crippen molar-refractivity contribution >= 4 is 18.2 Å². The highest BCUT2D eigenvalue weighted by atomic mass is 16.6. The summed E-state index contributed by atoms with van der Waals surface area (Å²) in [5.74, 6) is -1.34. The van der Waals surface area contributed by atoms with Crippen molar-refractivity contribution in [2.45, 2.75) is 45.1 Å². The van der Waals surface area contributed by atoms with Crippen LogP contribution >= 0.6 is 0 Å². The molecule has 8 nitrogen and oxygen atoms in total. The molecule has 30 heavy (non-hydrogen) atoms. The predicted octanol–water partition coefficient (Wildman–Crippen LogP) is 3.63. The molecule has 0 unspecified atom stereocenters. The van der Waals surface area contributed by atoms with Crippen LogP contribution in [-0.4, -0.2) is 34.9 Å². The van der Waals surface area contributed by atoms with Gasteiger partial charge < -0.3 is 25.2 Å². The summed E-state index contributed by atoms with van der Waals surface area (Å²) < 4.78 is 10.4. The van der Waals surface area contributed by atoms with Gasteiger partial charge in [0, 0.05) is 0 Å². The Morgan fingerprint density at radius 2 is 1.47 bits per heavy atom. The normalized spacial score (nSPS) is 12.9. The van der Waals surface area contributed by atoms with Crippen LogP contribution in [0.3, 0.4) is 0 Å². The molecule has 8 heteroatoms. The smallest absolute Gasteiger partial charge is 0.408 e. The molecule has 2 aromatic carbocycles. The second-order valence-corrected chi connectivity index (χ2v) is 7.56. The van der Waals surface area contributed by atoms with E-state index in [-0.39, 0.29) is 6.61 Å². The molecule has 0 aliphatic heterocycles. The van der Waals surface area contributed by atoms with Crippen LogP contribution in [-0.2, 0) is 20.9 Å². The summed E-state index contributed by atoms with van der Waals surface area (Å²) in [6, 6.07) is 14.9. The van der Waals surface area contributed by atoms with Crippen molar-refractivity contribution in [3.05, 3.63) is 71.8 Å². The molecular formula is C22H26N2O6. The average molecular weight is 414 g/mol. The lowest BCUT2D eigenvalue weighted by molar-refractivity contribution is -0.140. The lowest BCUT2D eigenvalue weighted by Gasteiger charge is -2.28. The van der Waals surface area contributed by atoms with Crippen molar-refractivity contribution in [2.24, 2.45) is 0 Å². The first kappa shape index (κ1) is 22.7. The SMILES string of the molecule is CC(C)(C)OC(=O)N[C@H](c1ccccc1)[C@H](NC(=O)OCc1ccccc1)C(=O)O. The maximum atomic E-state index is 12.3. The van der Waals surface area contributed by atoms with E-state index in [1.165, 1.54) is 0 Å². The number of carboxylic acid groups (broad SMARTS) is 1. The Morgan fingerprint density at radius 3 is 2.00 bits per heavy atom. The Hall–Kier alpha value is -3.55. The second-order valence-electron chi connectivity index (χ2n) is 7.56. The van der Waals surface area contributed by atoms with E-state index in [0.29, 0.717) is 5.56 Å². The van der Waals surface area contributed by atoms with E-state index in [1.54, 1.807) is 75.4 Å². The number of carboxylic acids is 1. The summed E-state index contributed by atoms with van der Waals surface area (Å²) in [6.45, 7) is 5.06. The zero-order valence-electron chi connectivity index (χ0n) is 17.1. The molecule has 2 atom stereocenters. The lowest BCUT2D eigenvalue weighted by Crippen LogP contribution is -2.51. The van der Waals surface area contributed by atoms with Gasteiger partial charge in [-0.1, -0.05) is 60.7 Å². The summed E-state index contributed by atoms with van der Waals surface area (Å²) in [4.78, 5) is 36.5. The van der Waals surface area contributed by atoms with Gasteiger partial charge >= 0.3 is 18.2 Å². The molecule has 0 spiro atoms. The predicted molar refractivity (Wildman–Crippen MR) is 110 cm³/mol. The van der Waals surface area contributed by atoms with Crippen LogP contribution < -0.4 is 10.6 Å². The van der Waals surface area contributed by atoms with Gasteiger partial charge in [-0.2, -0.15) is 0 Å². The van der Waals surface area contributed by atoms with Gasteiger partial charge in [-0.05, 0) is 31.9 Å². The van der Waals surface area contributed by atoms with Gasteiger partial charge in [0.05, 0.1) is 6.04 Å². The molecule has 0 saturated heterocycles. The first-order chi connectivity index (χ1) is 14.2. The number of aliphatic carboxylic acids is 1. The van der Waals surface area contributed by atoms with Crippen molar-refractivity contribution in [1.82, 2.24) is 10.6 Å². The third-order valence-corrected chi connectivity index (χ3v) is 3.92. The highest BCUT2D eigenvalue weighted by Crippen LogP contribution is 2.19. The molecule has 0 aliphatic carbocycles. The number of carbonyl (C=O) groups excluding carboxylic acids is 2. The van der Waals surface area contributed by atoms with E-state index in [4.69, 9.17) is 9.47 Å². The number of nitrogens with one attached hydrogen (secondary N) is 2. The molecule has 0 heterocycles. The van der Waals surface area contributed by atoms with Crippen LogP contribution in [0.4, 0.5) is 9.59 Å². The number of benzene rings is 2. The second kappa shape index (κ2) is 10.3. The standard InChI is InChI=1S/C22H26N2O6/c1-22(2,3)30-21(28)23-17(16-12-8-5-9-13-16)18(19(25)26)24-20(27)29-14-15-10-6-4-7-11-15/h4-13,17-18H,14H2,1-3H3,(H,23,28)(H,24,27)(H,25,26)/t17-,18+/m1/s1. The minimum absolute atomic E-state index is 0.0193. The zero-order chi connectivity index (χ0) is 22.1. The number of alkyl carbamates (subject to hydrolysis) is 2. The van der Waals surface area contributed by atoms with Gasteiger partial charge in [-0.15, -0.1) is 0 Å². The quantitative estimate of drug-likeness (QED) is 0.637. The summed E-state index contributed by atoms with van der Waals surface area (Å²) in [5.41, 5.74) is 0.469. The van der Waals surface area contributed by atoms with Gasteiger partial charge in [0.25, 0.3) is 0 Å². The van der Waals surface area contributed by atoms with Gasteiger partial charge in [-0.3, -0.25) is 0 Å². The summed E-state index contributed by atoms with van der Waals surface area (Å²) in [5, 5.41) is 14.6. The van der Waals surface area contributed by atoms with Gasteiger partial charge in [0.1, 0.15) is 12.2 Å². The minimum Gasteiger partial charge on any atom is -0.480 e. The fraction of sp³-hybridized carbons (Fsp3) is 0.318. The third-order valence-electron chi connectivity index (χ3n) is 3.92.